The average Bonchev–Trinajstić information content (AvgIpc) is 2.42. The predicted octanol–water partition coefficient (Wildman–Crippen LogP) is 3.28. The van der Waals surface area contributed by atoms with Crippen molar-refractivity contribution in [2.75, 3.05) is 26.2 Å². The van der Waals surface area contributed by atoms with E-state index in [-0.39, 0.29) is 0 Å². The van der Waals surface area contributed by atoms with Gasteiger partial charge in [-0.25, -0.2) is 0 Å². The molecule has 1 aliphatic rings. The molecule has 0 spiro atoms. The Morgan fingerprint density at radius 2 is 1.74 bits per heavy atom. The number of hydrogen-bond donors (Lipinski definition) is 0. The molecule has 2 nitrogen and oxygen atoms in total. The number of nitrogens with zero attached hydrogens (tertiary/aromatic N) is 2. The molecule has 0 radical (unpaired) electrons. The minimum absolute atomic E-state index is 1.08. The van der Waals surface area contributed by atoms with Crippen molar-refractivity contribution in [3.63, 3.8) is 0 Å². The third-order valence-corrected chi connectivity index (χ3v) is 3.38. The van der Waals surface area contributed by atoms with E-state index in [1.165, 1.54) is 11.1 Å². The van der Waals surface area contributed by atoms with Crippen molar-refractivity contribution in [3.8, 4) is 0 Å². The lowest BCUT2D eigenvalue weighted by molar-refractivity contribution is 0.162. The highest BCUT2D eigenvalue weighted by Gasteiger charge is 2.13. The van der Waals surface area contributed by atoms with Crippen LogP contribution in [0, 0.1) is 0 Å². The number of benzene rings is 1. The van der Waals surface area contributed by atoms with Gasteiger partial charge in [-0.05, 0) is 31.7 Å². The van der Waals surface area contributed by atoms with Crippen LogP contribution >= 0.6 is 0 Å². The van der Waals surface area contributed by atoms with Gasteiger partial charge in [-0.3, -0.25) is 4.90 Å². The molecule has 0 atom stereocenters. The summed E-state index contributed by atoms with van der Waals surface area (Å²) in [6, 6.07) is 10.7. The van der Waals surface area contributed by atoms with Gasteiger partial charge in [0.1, 0.15) is 0 Å². The molecule has 1 saturated heterocycles. The standard InChI is InChI=1S/C17H24N2/c1-16(2)7-6-10-18-11-13-19(14-12-18)15-17-8-4-3-5-9-17/h3-10H,11-15H2,1-2H3/b10-6+. The van der Waals surface area contributed by atoms with Crippen LogP contribution in [0.15, 0.2) is 54.3 Å². The molecule has 2 rings (SSSR count). The Balaban J connectivity index is 1.76. The Kier molecular flexibility index (Phi) is 5.22. The SMILES string of the molecule is CC(C)=C/C=C/N1CCN(Cc2ccccc2)CC1. The number of hydrogen-bond acceptors (Lipinski definition) is 2. The van der Waals surface area contributed by atoms with Crippen LogP contribution in [0.3, 0.4) is 0 Å². The van der Waals surface area contributed by atoms with Crippen LogP contribution in [0.5, 0.6) is 0 Å². The van der Waals surface area contributed by atoms with Gasteiger partial charge in [-0.15, -0.1) is 0 Å². The topological polar surface area (TPSA) is 6.48 Å². The minimum Gasteiger partial charge on any atom is -0.375 e. The maximum absolute atomic E-state index is 2.53. The van der Waals surface area contributed by atoms with Crippen molar-refractivity contribution in [1.82, 2.24) is 9.80 Å². The lowest BCUT2D eigenvalue weighted by atomic mass is 10.2. The summed E-state index contributed by atoms with van der Waals surface area (Å²) in [4.78, 5) is 4.93. The van der Waals surface area contributed by atoms with Crippen LogP contribution in [0.1, 0.15) is 19.4 Å². The third-order valence-electron chi connectivity index (χ3n) is 3.38. The summed E-state index contributed by atoms with van der Waals surface area (Å²) >= 11 is 0. The molecule has 0 saturated carbocycles. The molecule has 1 aromatic carbocycles. The van der Waals surface area contributed by atoms with Crippen LogP contribution < -0.4 is 0 Å². The highest BCUT2D eigenvalue weighted by Crippen LogP contribution is 2.08. The fourth-order valence-electron chi connectivity index (χ4n) is 2.27. The normalized spacial score (nSPS) is 16.8. The van der Waals surface area contributed by atoms with Crippen LogP contribution in [-0.4, -0.2) is 36.0 Å². The summed E-state index contributed by atoms with van der Waals surface area (Å²) in [6.07, 6.45) is 6.53. The molecule has 2 heteroatoms. The molecule has 0 bridgehead atoms. The number of rotatable bonds is 4. The van der Waals surface area contributed by atoms with Gasteiger partial charge in [0.2, 0.25) is 0 Å². The van der Waals surface area contributed by atoms with Crippen molar-refractivity contribution >= 4 is 0 Å². The van der Waals surface area contributed by atoms with E-state index < -0.39 is 0 Å². The Hall–Kier alpha value is -1.54. The molecular formula is C17H24N2. The van der Waals surface area contributed by atoms with E-state index in [1.54, 1.807) is 0 Å². The van der Waals surface area contributed by atoms with Crippen LogP contribution in [-0.2, 0) is 6.54 Å². The second kappa shape index (κ2) is 7.15. The molecule has 0 aliphatic carbocycles. The van der Waals surface area contributed by atoms with E-state index in [4.69, 9.17) is 0 Å². The first-order valence-electron chi connectivity index (χ1n) is 7.06. The lowest BCUT2D eigenvalue weighted by Gasteiger charge is -2.34. The summed E-state index contributed by atoms with van der Waals surface area (Å²) in [6.45, 7) is 9.87. The Morgan fingerprint density at radius 3 is 2.37 bits per heavy atom. The fourth-order valence-corrected chi connectivity index (χ4v) is 2.27. The number of allylic oxidation sites excluding steroid dienone is 3. The van der Waals surface area contributed by atoms with Crippen molar-refractivity contribution in [1.29, 1.82) is 0 Å². The quantitative estimate of drug-likeness (QED) is 0.763. The van der Waals surface area contributed by atoms with Gasteiger partial charge in [0, 0.05) is 32.7 Å². The van der Waals surface area contributed by atoms with Gasteiger partial charge in [0.05, 0.1) is 0 Å². The van der Waals surface area contributed by atoms with Crippen LogP contribution in [0.4, 0.5) is 0 Å². The van der Waals surface area contributed by atoms with E-state index in [0.717, 1.165) is 32.7 Å². The first kappa shape index (κ1) is 13.9. The fraction of sp³-hybridized carbons (Fsp3) is 0.412. The Labute approximate surface area is 117 Å². The summed E-state index contributed by atoms with van der Waals surface area (Å²) in [5, 5.41) is 0. The molecule has 1 aromatic rings. The third kappa shape index (κ3) is 4.92. The Morgan fingerprint density at radius 1 is 1.05 bits per heavy atom. The second-order valence-electron chi connectivity index (χ2n) is 5.38. The van der Waals surface area contributed by atoms with E-state index in [9.17, 15) is 0 Å². The molecule has 102 valence electrons. The average molecular weight is 256 g/mol. The Bertz CT molecular complexity index is 422. The predicted molar refractivity (Wildman–Crippen MR) is 81.9 cm³/mol. The molecule has 0 aromatic heterocycles. The molecule has 19 heavy (non-hydrogen) atoms. The van der Waals surface area contributed by atoms with Gasteiger partial charge < -0.3 is 4.90 Å². The van der Waals surface area contributed by atoms with Crippen molar-refractivity contribution in [2.24, 2.45) is 0 Å². The van der Waals surface area contributed by atoms with Crippen molar-refractivity contribution < 1.29 is 0 Å². The first-order valence-corrected chi connectivity index (χ1v) is 7.06. The maximum Gasteiger partial charge on any atom is 0.0301 e. The monoisotopic (exact) mass is 256 g/mol. The molecular weight excluding hydrogens is 232 g/mol. The maximum atomic E-state index is 2.53. The van der Waals surface area contributed by atoms with Gasteiger partial charge in [0.15, 0.2) is 0 Å². The lowest BCUT2D eigenvalue weighted by Crippen LogP contribution is -2.43. The van der Waals surface area contributed by atoms with Crippen molar-refractivity contribution in [3.05, 3.63) is 59.8 Å². The highest BCUT2D eigenvalue weighted by molar-refractivity contribution is 5.14. The first-order chi connectivity index (χ1) is 9.24. The van der Waals surface area contributed by atoms with E-state index >= 15 is 0 Å². The van der Waals surface area contributed by atoms with Crippen LogP contribution in [0.2, 0.25) is 0 Å². The molecule has 0 amide bonds. The molecule has 0 unspecified atom stereocenters. The smallest absolute Gasteiger partial charge is 0.0301 e. The summed E-state index contributed by atoms with van der Waals surface area (Å²) < 4.78 is 0. The van der Waals surface area contributed by atoms with Gasteiger partial charge >= 0.3 is 0 Å². The summed E-state index contributed by atoms with van der Waals surface area (Å²) in [5.41, 5.74) is 2.76. The zero-order chi connectivity index (χ0) is 13.5. The van der Waals surface area contributed by atoms with Crippen LogP contribution in [0.25, 0.3) is 0 Å². The summed E-state index contributed by atoms with van der Waals surface area (Å²) in [5.74, 6) is 0. The van der Waals surface area contributed by atoms with Gasteiger partial charge in [-0.1, -0.05) is 42.0 Å². The molecule has 1 aliphatic heterocycles. The number of piperazine rings is 1. The molecule has 1 fully saturated rings. The molecule has 1 heterocycles. The van der Waals surface area contributed by atoms with Gasteiger partial charge in [0.25, 0.3) is 0 Å². The van der Waals surface area contributed by atoms with E-state index in [1.807, 2.05) is 0 Å². The second-order valence-corrected chi connectivity index (χ2v) is 5.38. The summed E-state index contributed by atoms with van der Waals surface area (Å²) in [7, 11) is 0. The van der Waals surface area contributed by atoms with E-state index in [0.29, 0.717) is 0 Å². The largest absolute Gasteiger partial charge is 0.375 e. The molecule has 0 N–H and O–H groups in total. The van der Waals surface area contributed by atoms with Gasteiger partial charge in [-0.2, -0.15) is 0 Å². The van der Waals surface area contributed by atoms with Crippen molar-refractivity contribution in [2.45, 2.75) is 20.4 Å². The minimum atomic E-state index is 1.08. The zero-order valence-corrected chi connectivity index (χ0v) is 12.0. The van der Waals surface area contributed by atoms with E-state index in [2.05, 4.69) is 72.3 Å². The highest BCUT2D eigenvalue weighted by atomic mass is 15.2. The zero-order valence-electron chi connectivity index (χ0n) is 12.0.